The van der Waals surface area contributed by atoms with E-state index in [4.69, 9.17) is 9.84 Å². The van der Waals surface area contributed by atoms with Crippen molar-refractivity contribution in [2.24, 2.45) is 0 Å². The van der Waals surface area contributed by atoms with Crippen LogP contribution >= 0.6 is 15.9 Å². The van der Waals surface area contributed by atoms with Gasteiger partial charge >= 0.3 is 5.97 Å². The number of rotatable bonds is 5. The van der Waals surface area contributed by atoms with Gasteiger partial charge in [-0.25, -0.2) is 4.79 Å². The molecule has 4 heteroatoms. The highest BCUT2D eigenvalue weighted by Crippen LogP contribution is 2.15. The molecule has 3 nitrogen and oxygen atoms in total. The lowest BCUT2D eigenvalue weighted by molar-refractivity contribution is -0.132. The fraction of sp³-hybridized carbons (Fsp3) is 0.250. The van der Waals surface area contributed by atoms with E-state index in [0.29, 0.717) is 17.5 Å². The Kier molecular flexibility index (Phi) is 5.05. The molecule has 86 valence electrons. The number of hydrogen-bond donors (Lipinski definition) is 1. The second-order valence-electron chi connectivity index (χ2n) is 3.11. The van der Waals surface area contributed by atoms with E-state index in [1.165, 1.54) is 0 Å². The summed E-state index contributed by atoms with van der Waals surface area (Å²) in [5.41, 5.74) is 1.17. The third-order valence-electron chi connectivity index (χ3n) is 1.95. The highest BCUT2D eigenvalue weighted by molar-refractivity contribution is 9.09. The predicted octanol–water partition coefficient (Wildman–Crippen LogP) is 2.95. The van der Waals surface area contributed by atoms with Crippen LogP contribution in [0.4, 0.5) is 0 Å². The number of carboxylic acids is 1. The van der Waals surface area contributed by atoms with E-state index in [0.717, 1.165) is 11.3 Å². The largest absolute Gasteiger partial charge is 0.494 e. The van der Waals surface area contributed by atoms with E-state index < -0.39 is 5.97 Å². The maximum absolute atomic E-state index is 10.8. The number of aliphatic carboxylic acids is 1. The number of benzene rings is 1. The highest BCUT2D eigenvalue weighted by Gasteiger charge is 2.04. The summed E-state index contributed by atoms with van der Waals surface area (Å²) in [6, 6.07) is 7.30. The molecule has 0 saturated carbocycles. The molecule has 0 spiro atoms. The van der Waals surface area contributed by atoms with Crippen molar-refractivity contribution in [3.8, 4) is 5.75 Å². The minimum Gasteiger partial charge on any atom is -0.494 e. The smallest absolute Gasteiger partial charge is 0.332 e. The molecule has 0 fully saturated rings. The average molecular weight is 285 g/mol. The maximum atomic E-state index is 10.8. The molecule has 0 unspecified atom stereocenters. The quantitative estimate of drug-likeness (QED) is 0.668. The molecule has 0 bridgehead atoms. The summed E-state index contributed by atoms with van der Waals surface area (Å²) in [5, 5.41) is 9.18. The zero-order valence-electron chi connectivity index (χ0n) is 8.94. The second-order valence-corrected chi connectivity index (χ2v) is 3.67. The van der Waals surface area contributed by atoms with Crippen LogP contribution in [0.5, 0.6) is 5.75 Å². The summed E-state index contributed by atoms with van der Waals surface area (Å²) in [4.78, 5) is 10.8. The lowest BCUT2D eigenvalue weighted by Gasteiger charge is -2.03. The van der Waals surface area contributed by atoms with Crippen molar-refractivity contribution in [3.05, 3.63) is 35.4 Å². The molecule has 0 aliphatic carbocycles. The molecule has 0 aliphatic rings. The van der Waals surface area contributed by atoms with E-state index in [9.17, 15) is 4.79 Å². The van der Waals surface area contributed by atoms with E-state index in [1.54, 1.807) is 6.08 Å². The van der Waals surface area contributed by atoms with Crippen molar-refractivity contribution in [1.82, 2.24) is 0 Å². The molecule has 1 rings (SSSR count). The highest BCUT2D eigenvalue weighted by atomic mass is 79.9. The third kappa shape index (κ3) is 3.70. The van der Waals surface area contributed by atoms with Gasteiger partial charge in [-0.2, -0.15) is 0 Å². The fourth-order valence-electron chi connectivity index (χ4n) is 1.19. The summed E-state index contributed by atoms with van der Waals surface area (Å²) in [6.07, 6.45) is 1.63. The van der Waals surface area contributed by atoms with Crippen LogP contribution < -0.4 is 4.74 Å². The van der Waals surface area contributed by atoms with Crippen LogP contribution in [-0.2, 0) is 4.79 Å². The topological polar surface area (TPSA) is 46.5 Å². The Morgan fingerprint density at radius 1 is 1.44 bits per heavy atom. The van der Waals surface area contributed by atoms with Gasteiger partial charge in [-0.3, -0.25) is 0 Å². The molecule has 0 radical (unpaired) electrons. The Bertz CT molecular complexity index is 382. The molecule has 0 aromatic heterocycles. The van der Waals surface area contributed by atoms with Crippen LogP contribution in [0.3, 0.4) is 0 Å². The summed E-state index contributed by atoms with van der Waals surface area (Å²) >= 11 is 3.14. The van der Waals surface area contributed by atoms with Gasteiger partial charge in [0.15, 0.2) is 0 Å². The first kappa shape index (κ1) is 12.8. The number of hydrogen-bond acceptors (Lipinski definition) is 2. The SMILES string of the molecule is CCOc1ccc(/C=C(\CBr)C(=O)O)cc1. The molecule has 0 atom stereocenters. The number of ether oxygens (including phenoxy) is 1. The van der Waals surface area contributed by atoms with Gasteiger partial charge < -0.3 is 9.84 Å². The Hall–Kier alpha value is -1.29. The number of halogens is 1. The molecule has 0 saturated heterocycles. The van der Waals surface area contributed by atoms with Gasteiger partial charge in [0.2, 0.25) is 0 Å². The average Bonchev–Trinajstić information content (AvgIpc) is 2.28. The van der Waals surface area contributed by atoms with Crippen LogP contribution in [0.1, 0.15) is 12.5 Å². The normalized spacial score (nSPS) is 11.2. The van der Waals surface area contributed by atoms with Crippen molar-refractivity contribution < 1.29 is 14.6 Å². The molecular weight excluding hydrogens is 272 g/mol. The first-order valence-corrected chi connectivity index (χ1v) is 6.02. The summed E-state index contributed by atoms with van der Waals surface area (Å²) in [6.45, 7) is 2.54. The monoisotopic (exact) mass is 284 g/mol. The Balaban J connectivity index is 2.85. The zero-order valence-corrected chi connectivity index (χ0v) is 10.5. The summed E-state index contributed by atoms with van der Waals surface area (Å²) in [5.74, 6) is -0.124. The minimum atomic E-state index is -0.911. The molecule has 0 amide bonds. The van der Waals surface area contributed by atoms with Crippen molar-refractivity contribution in [1.29, 1.82) is 0 Å². The second kappa shape index (κ2) is 6.33. The molecular formula is C12H13BrO3. The van der Waals surface area contributed by atoms with Crippen molar-refractivity contribution >= 4 is 28.0 Å². The molecule has 1 aromatic carbocycles. The predicted molar refractivity (Wildman–Crippen MR) is 67.0 cm³/mol. The molecule has 1 N–H and O–H groups in total. The summed E-state index contributed by atoms with van der Waals surface area (Å²) < 4.78 is 5.29. The molecule has 0 aliphatic heterocycles. The van der Waals surface area contributed by atoms with E-state index >= 15 is 0 Å². The third-order valence-corrected chi connectivity index (χ3v) is 2.55. The van der Waals surface area contributed by atoms with E-state index in [2.05, 4.69) is 15.9 Å². The van der Waals surface area contributed by atoms with Crippen molar-refractivity contribution in [3.63, 3.8) is 0 Å². The van der Waals surface area contributed by atoms with E-state index in [-0.39, 0.29) is 0 Å². The molecule has 1 aromatic rings. The Morgan fingerprint density at radius 2 is 2.06 bits per heavy atom. The van der Waals surface area contributed by atoms with Crippen molar-refractivity contribution in [2.75, 3.05) is 11.9 Å². The number of alkyl halides is 1. The zero-order chi connectivity index (χ0) is 12.0. The van der Waals surface area contributed by atoms with Gasteiger partial charge in [0.1, 0.15) is 5.75 Å². The summed E-state index contributed by atoms with van der Waals surface area (Å²) in [7, 11) is 0. The number of carboxylic acid groups (broad SMARTS) is 1. The fourth-order valence-corrected chi connectivity index (χ4v) is 1.59. The first-order valence-electron chi connectivity index (χ1n) is 4.90. The first-order chi connectivity index (χ1) is 7.67. The number of carbonyl (C=O) groups is 1. The lowest BCUT2D eigenvalue weighted by Crippen LogP contribution is -2.01. The van der Waals surface area contributed by atoms with E-state index in [1.807, 2.05) is 31.2 Å². The van der Waals surface area contributed by atoms with Gasteiger partial charge in [0.05, 0.1) is 6.61 Å². The molecule has 0 heterocycles. The standard InChI is InChI=1S/C12H13BrO3/c1-2-16-11-5-3-9(4-6-11)7-10(8-13)12(14)15/h3-7H,2,8H2,1H3,(H,14,15)/b10-7+. The van der Waals surface area contributed by atoms with Gasteiger partial charge in [0.25, 0.3) is 0 Å². The van der Waals surface area contributed by atoms with Crippen LogP contribution in [-0.4, -0.2) is 23.0 Å². The van der Waals surface area contributed by atoms with Gasteiger partial charge in [-0.15, -0.1) is 0 Å². The lowest BCUT2D eigenvalue weighted by atomic mass is 10.1. The minimum absolute atomic E-state index is 0.323. The van der Waals surface area contributed by atoms with Crippen LogP contribution in [0.15, 0.2) is 29.8 Å². The van der Waals surface area contributed by atoms with Crippen molar-refractivity contribution in [2.45, 2.75) is 6.92 Å². The maximum Gasteiger partial charge on any atom is 0.332 e. The Labute approximate surface area is 103 Å². The Morgan fingerprint density at radius 3 is 2.50 bits per heavy atom. The van der Waals surface area contributed by atoms with Gasteiger partial charge in [-0.1, -0.05) is 28.1 Å². The van der Waals surface area contributed by atoms with Crippen LogP contribution in [0.2, 0.25) is 0 Å². The van der Waals surface area contributed by atoms with Crippen LogP contribution in [0.25, 0.3) is 6.08 Å². The molecule has 16 heavy (non-hydrogen) atoms. The van der Waals surface area contributed by atoms with Gasteiger partial charge in [-0.05, 0) is 30.7 Å². The van der Waals surface area contributed by atoms with Gasteiger partial charge in [0, 0.05) is 10.9 Å². The van der Waals surface area contributed by atoms with Crippen LogP contribution in [0, 0.1) is 0 Å².